The molecule has 0 atom stereocenters. The van der Waals surface area contributed by atoms with Crippen LogP contribution in [0.4, 0.5) is 4.79 Å². The third-order valence-corrected chi connectivity index (χ3v) is 6.69. The summed E-state index contributed by atoms with van der Waals surface area (Å²) in [5.74, 6) is 0.920. The number of carbonyl (C=O) groups excluding carboxylic acids is 1. The fourth-order valence-electron chi connectivity index (χ4n) is 3.93. The molecule has 0 radical (unpaired) electrons. The van der Waals surface area contributed by atoms with E-state index >= 15 is 0 Å². The van der Waals surface area contributed by atoms with E-state index in [1.54, 1.807) is 0 Å². The van der Waals surface area contributed by atoms with Crippen molar-refractivity contribution in [2.45, 2.75) is 51.1 Å². The van der Waals surface area contributed by atoms with Gasteiger partial charge in [-0.3, -0.25) is 9.69 Å². The molecule has 1 N–H and O–H groups in total. The summed E-state index contributed by atoms with van der Waals surface area (Å²) in [5, 5.41) is 4.16. The lowest BCUT2D eigenvalue weighted by Gasteiger charge is -2.34. The molecule has 0 spiro atoms. The van der Waals surface area contributed by atoms with Crippen LogP contribution in [-0.2, 0) is 6.54 Å². The number of hydrogen-bond acceptors (Lipinski definition) is 4. The molecule has 150 valence electrons. The van der Waals surface area contributed by atoms with Gasteiger partial charge in [-0.15, -0.1) is 0 Å². The standard InChI is InChI=1S/C21H32ClN3OS/c22-19-9-7-18(8-10-19)17-25-14-12-24(13-15-25)11-4-16-27-21(26)23-20-5-2-1-3-6-20/h7-10,20H,1-6,11-17H2,(H,23,26). The van der Waals surface area contributed by atoms with Gasteiger partial charge in [0.05, 0.1) is 0 Å². The molecule has 1 aromatic carbocycles. The summed E-state index contributed by atoms with van der Waals surface area (Å²) in [6.07, 6.45) is 7.25. The number of rotatable bonds is 7. The second kappa shape index (κ2) is 11.3. The molecule has 1 aliphatic heterocycles. The Morgan fingerprint density at radius 3 is 2.41 bits per heavy atom. The number of carbonyl (C=O) groups is 1. The summed E-state index contributed by atoms with van der Waals surface area (Å²) in [5.41, 5.74) is 1.33. The molecular weight excluding hydrogens is 378 g/mol. The zero-order valence-corrected chi connectivity index (χ0v) is 17.7. The highest BCUT2D eigenvalue weighted by molar-refractivity contribution is 8.13. The summed E-state index contributed by atoms with van der Waals surface area (Å²) in [6, 6.07) is 8.59. The highest BCUT2D eigenvalue weighted by Gasteiger charge is 2.18. The van der Waals surface area contributed by atoms with Crippen molar-refractivity contribution in [1.82, 2.24) is 15.1 Å². The van der Waals surface area contributed by atoms with Crippen molar-refractivity contribution in [1.29, 1.82) is 0 Å². The molecule has 2 aliphatic rings. The van der Waals surface area contributed by atoms with Crippen LogP contribution in [0.25, 0.3) is 0 Å². The van der Waals surface area contributed by atoms with E-state index in [9.17, 15) is 4.79 Å². The van der Waals surface area contributed by atoms with Gasteiger partial charge in [-0.1, -0.05) is 54.8 Å². The molecule has 1 amide bonds. The van der Waals surface area contributed by atoms with Crippen molar-refractivity contribution in [2.75, 3.05) is 38.5 Å². The third kappa shape index (κ3) is 7.65. The first-order chi connectivity index (χ1) is 13.2. The van der Waals surface area contributed by atoms with Crippen molar-refractivity contribution in [3.8, 4) is 0 Å². The van der Waals surface area contributed by atoms with Crippen LogP contribution in [0.3, 0.4) is 0 Å². The Balaban J connectivity index is 1.24. The van der Waals surface area contributed by atoms with Gasteiger partial charge >= 0.3 is 0 Å². The molecular formula is C21H32ClN3OS. The minimum atomic E-state index is 0.176. The SMILES string of the molecule is O=C(NC1CCCCC1)SCCCN1CCN(Cc2ccc(Cl)cc2)CC1. The summed E-state index contributed by atoms with van der Waals surface area (Å²) >= 11 is 7.42. The highest BCUT2D eigenvalue weighted by atomic mass is 35.5. The lowest BCUT2D eigenvalue weighted by Crippen LogP contribution is -2.46. The quantitative estimate of drug-likeness (QED) is 0.666. The third-order valence-electron chi connectivity index (χ3n) is 5.56. The van der Waals surface area contributed by atoms with Crippen LogP contribution >= 0.6 is 23.4 Å². The van der Waals surface area contributed by atoms with Crippen molar-refractivity contribution >= 4 is 28.6 Å². The monoisotopic (exact) mass is 409 g/mol. The largest absolute Gasteiger partial charge is 0.344 e. The molecule has 1 saturated carbocycles. The molecule has 1 heterocycles. The van der Waals surface area contributed by atoms with Crippen LogP contribution in [-0.4, -0.2) is 59.6 Å². The Kier molecular flexibility index (Phi) is 8.78. The van der Waals surface area contributed by atoms with E-state index in [0.29, 0.717) is 6.04 Å². The lowest BCUT2D eigenvalue weighted by atomic mass is 9.96. The molecule has 0 aromatic heterocycles. The number of amides is 1. The summed E-state index contributed by atoms with van der Waals surface area (Å²) in [7, 11) is 0. The van der Waals surface area contributed by atoms with Gasteiger partial charge in [0.2, 0.25) is 0 Å². The summed E-state index contributed by atoms with van der Waals surface area (Å²) in [4.78, 5) is 17.1. The average Bonchev–Trinajstić information content (AvgIpc) is 2.69. The van der Waals surface area contributed by atoms with Gasteiger partial charge in [0.25, 0.3) is 5.24 Å². The van der Waals surface area contributed by atoms with E-state index in [0.717, 1.165) is 69.3 Å². The predicted molar refractivity (Wildman–Crippen MR) is 116 cm³/mol. The van der Waals surface area contributed by atoms with E-state index in [-0.39, 0.29) is 5.24 Å². The van der Waals surface area contributed by atoms with E-state index in [4.69, 9.17) is 11.6 Å². The second-order valence-electron chi connectivity index (χ2n) is 7.71. The van der Waals surface area contributed by atoms with E-state index in [1.807, 2.05) is 12.1 Å². The van der Waals surface area contributed by atoms with Crippen molar-refractivity contribution < 1.29 is 4.79 Å². The topological polar surface area (TPSA) is 35.6 Å². The fraction of sp³-hybridized carbons (Fsp3) is 0.667. The van der Waals surface area contributed by atoms with Crippen LogP contribution in [0.15, 0.2) is 24.3 Å². The molecule has 6 heteroatoms. The first-order valence-electron chi connectivity index (χ1n) is 10.3. The van der Waals surface area contributed by atoms with E-state index in [2.05, 4.69) is 27.2 Å². The van der Waals surface area contributed by atoms with Crippen LogP contribution in [0.5, 0.6) is 0 Å². The van der Waals surface area contributed by atoms with Gasteiger partial charge in [-0.2, -0.15) is 0 Å². The molecule has 1 aliphatic carbocycles. The maximum Gasteiger partial charge on any atom is 0.279 e. The Morgan fingerprint density at radius 1 is 1.04 bits per heavy atom. The lowest BCUT2D eigenvalue weighted by molar-refractivity contribution is 0.127. The first-order valence-corrected chi connectivity index (χ1v) is 11.7. The number of piperazine rings is 1. The summed E-state index contributed by atoms with van der Waals surface area (Å²) in [6.45, 7) is 6.55. The number of thioether (sulfide) groups is 1. The predicted octanol–water partition coefficient (Wildman–Crippen LogP) is 4.62. The number of benzene rings is 1. The van der Waals surface area contributed by atoms with E-state index < -0.39 is 0 Å². The summed E-state index contributed by atoms with van der Waals surface area (Å²) < 4.78 is 0. The second-order valence-corrected chi connectivity index (χ2v) is 9.22. The maximum atomic E-state index is 12.0. The van der Waals surface area contributed by atoms with Crippen LogP contribution in [0, 0.1) is 0 Å². The number of hydrogen-bond donors (Lipinski definition) is 1. The zero-order chi connectivity index (χ0) is 18.9. The molecule has 0 unspecified atom stereocenters. The first kappa shape index (κ1) is 21.0. The van der Waals surface area contributed by atoms with Gasteiger partial charge < -0.3 is 10.2 Å². The Hall–Kier alpha value is -0.750. The minimum absolute atomic E-state index is 0.176. The maximum absolute atomic E-state index is 12.0. The molecule has 4 nitrogen and oxygen atoms in total. The van der Waals surface area contributed by atoms with Gasteiger partial charge in [0.15, 0.2) is 0 Å². The van der Waals surface area contributed by atoms with Gasteiger partial charge in [0, 0.05) is 49.5 Å². The minimum Gasteiger partial charge on any atom is -0.344 e. The zero-order valence-electron chi connectivity index (χ0n) is 16.2. The fourth-order valence-corrected chi connectivity index (χ4v) is 4.76. The number of nitrogens with zero attached hydrogens (tertiary/aromatic N) is 2. The molecule has 1 aromatic rings. The Morgan fingerprint density at radius 2 is 1.70 bits per heavy atom. The molecule has 0 bridgehead atoms. The van der Waals surface area contributed by atoms with Gasteiger partial charge in [0.1, 0.15) is 0 Å². The number of halogens is 1. The van der Waals surface area contributed by atoms with Crippen LogP contribution in [0.1, 0.15) is 44.1 Å². The van der Waals surface area contributed by atoms with Crippen molar-refractivity contribution in [2.24, 2.45) is 0 Å². The number of nitrogens with one attached hydrogen (secondary N) is 1. The van der Waals surface area contributed by atoms with Crippen LogP contribution < -0.4 is 5.32 Å². The van der Waals surface area contributed by atoms with E-state index in [1.165, 1.54) is 36.6 Å². The smallest absolute Gasteiger partial charge is 0.279 e. The van der Waals surface area contributed by atoms with Crippen LogP contribution in [0.2, 0.25) is 5.02 Å². The molecule has 3 rings (SSSR count). The van der Waals surface area contributed by atoms with Gasteiger partial charge in [-0.25, -0.2) is 0 Å². The molecule has 1 saturated heterocycles. The Labute approximate surface area is 173 Å². The average molecular weight is 410 g/mol. The Bertz CT molecular complexity index is 569. The van der Waals surface area contributed by atoms with Crippen molar-refractivity contribution in [3.63, 3.8) is 0 Å². The molecule has 2 fully saturated rings. The van der Waals surface area contributed by atoms with Gasteiger partial charge in [-0.05, 0) is 43.5 Å². The molecule has 27 heavy (non-hydrogen) atoms. The normalized spacial score (nSPS) is 19.9. The highest BCUT2D eigenvalue weighted by Crippen LogP contribution is 2.19. The van der Waals surface area contributed by atoms with Crippen molar-refractivity contribution in [3.05, 3.63) is 34.9 Å².